The first kappa shape index (κ1) is 22.4. The lowest BCUT2D eigenvalue weighted by atomic mass is 10.0. The second-order valence-corrected chi connectivity index (χ2v) is 10.0. The Labute approximate surface area is 205 Å². The summed E-state index contributed by atoms with van der Waals surface area (Å²) in [6.07, 6.45) is 0.731. The summed E-state index contributed by atoms with van der Waals surface area (Å²) in [6.45, 7) is 2.68. The van der Waals surface area contributed by atoms with E-state index in [-0.39, 0.29) is 18.4 Å². The molecule has 0 radical (unpaired) electrons. The van der Waals surface area contributed by atoms with E-state index in [0.717, 1.165) is 48.4 Å². The molecule has 0 bridgehead atoms. The van der Waals surface area contributed by atoms with E-state index in [2.05, 4.69) is 5.32 Å². The van der Waals surface area contributed by atoms with Crippen molar-refractivity contribution >= 4 is 49.7 Å². The average Bonchev–Trinajstić information content (AvgIpc) is 3.43. The molecule has 1 aliphatic rings. The van der Waals surface area contributed by atoms with Gasteiger partial charge in [0.05, 0.1) is 23.9 Å². The van der Waals surface area contributed by atoms with Gasteiger partial charge in [-0.25, -0.2) is 4.98 Å². The number of carbonyl (C=O) groups excluding carboxylic acids is 2. The second kappa shape index (κ2) is 9.44. The molecule has 3 heterocycles. The topological polar surface area (TPSA) is 80.8 Å². The van der Waals surface area contributed by atoms with Gasteiger partial charge in [0.1, 0.15) is 21.5 Å². The fourth-order valence-electron chi connectivity index (χ4n) is 3.95. The molecule has 0 atom stereocenters. The molecule has 174 valence electrons. The second-order valence-electron chi connectivity index (χ2n) is 7.90. The summed E-state index contributed by atoms with van der Waals surface area (Å²) in [5.74, 6) is 1.12. The van der Waals surface area contributed by atoms with Crippen molar-refractivity contribution in [3.8, 4) is 22.1 Å². The van der Waals surface area contributed by atoms with E-state index >= 15 is 0 Å². The molecule has 7 nitrogen and oxygen atoms in total. The number of anilines is 1. The Morgan fingerprint density at radius 2 is 1.85 bits per heavy atom. The first-order valence-electron chi connectivity index (χ1n) is 10.8. The lowest BCUT2D eigenvalue weighted by Gasteiger charge is -2.26. The number of thiazole rings is 1. The van der Waals surface area contributed by atoms with Crippen molar-refractivity contribution in [3.05, 3.63) is 59.0 Å². The van der Waals surface area contributed by atoms with Crippen molar-refractivity contribution in [3.63, 3.8) is 0 Å². The van der Waals surface area contributed by atoms with E-state index in [1.165, 1.54) is 11.3 Å². The zero-order chi connectivity index (χ0) is 23.7. The van der Waals surface area contributed by atoms with Crippen molar-refractivity contribution in [2.45, 2.75) is 19.9 Å². The minimum absolute atomic E-state index is 0.0547. The van der Waals surface area contributed by atoms with E-state index in [1.54, 1.807) is 49.6 Å². The van der Waals surface area contributed by atoms with Gasteiger partial charge < -0.3 is 19.7 Å². The molecule has 0 aliphatic carbocycles. The molecule has 4 aromatic rings. The molecule has 2 amide bonds. The normalized spacial score (nSPS) is 12.9. The van der Waals surface area contributed by atoms with Crippen LogP contribution in [-0.4, -0.2) is 42.0 Å². The van der Waals surface area contributed by atoms with Crippen LogP contribution in [0.2, 0.25) is 0 Å². The number of thiophene rings is 1. The third-order valence-corrected chi connectivity index (χ3v) is 7.88. The van der Waals surface area contributed by atoms with Crippen LogP contribution >= 0.6 is 22.7 Å². The SMILES string of the molecule is COc1ccc(OCC(=O)Nc2sc3c(c2-c2nc4ccccc4s2)CCN(C(C)=O)C3)cc1. The molecular formula is C25H23N3O4S2. The number of ether oxygens (including phenoxy) is 2. The van der Waals surface area contributed by atoms with Crippen LogP contribution in [0.4, 0.5) is 5.00 Å². The molecule has 0 saturated carbocycles. The third kappa shape index (κ3) is 4.49. The van der Waals surface area contributed by atoms with Crippen LogP contribution in [0.1, 0.15) is 17.4 Å². The number of aromatic nitrogens is 1. The quantitative estimate of drug-likeness (QED) is 0.411. The zero-order valence-electron chi connectivity index (χ0n) is 18.8. The van der Waals surface area contributed by atoms with Gasteiger partial charge in [-0.05, 0) is 48.4 Å². The van der Waals surface area contributed by atoms with E-state index in [1.807, 2.05) is 29.2 Å². The molecule has 0 unspecified atom stereocenters. The maximum absolute atomic E-state index is 12.8. The number of nitrogens with zero attached hydrogens (tertiary/aromatic N) is 2. The molecular weight excluding hydrogens is 470 g/mol. The molecule has 2 aromatic heterocycles. The third-order valence-electron chi connectivity index (χ3n) is 5.69. The number of amides is 2. The van der Waals surface area contributed by atoms with E-state index in [4.69, 9.17) is 14.5 Å². The molecule has 34 heavy (non-hydrogen) atoms. The van der Waals surface area contributed by atoms with Crippen molar-refractivity contribution in [1.82, 2.24) is 9.88 Å². The molecule has 5 rings (SSSR count). The summed E-state index contributed by atoms with van der Waals surface area (Å²) in [4.78, 5) is 32.5. The van der Waals surface area contributed by atoms with Crippen LogP contribution < -0.4 is 14.8 Å². The highest BCUT2D eigenvalue weighted by molar-refractivity contribution is 7.22. The summed E-state index contributed by atoms with van der Waals surface area (Å²) in [7, 11) is 1.60. The van der Waals surface area contributed by atoms with Gasteiger partial charge in [-0.15, -0.1) is 22.7 Å². The lowest BCUT2D eigenvalue weighted by Crippen LogP contribution is -2.33. The number of hydrogen-bond donors (Lipinski definition) is 1. The van der Waals surface area contributed by atoms with Crippen LogP contribution in [0.5, 0.6) is 11.5 Å². The summed E-state index contributed by atoms with van der Waals surface area (Å²) >= 11 is 3.12. The first-order valence-corrected chi connectivity index (χ1v) is 12.5. The minimum atomic E-state index is -0.250. The average molecular weight is 494 g/mol. The number of benzene rings is 2. The van der Waals surface area contributed by atoms with E-state index in [9.17, 15) is 9.59 Å². The lowest BCUT2D eigenvalue weighted by molar-refractivity contribution is -0.129. The highest BCUT2D eigenvalue weighted by Crippen LogP contribution is 2.45. The van der Waals surface area contributed by atoms with E-state index in [0.29, 0.717) is 18.8 Å². The number of rotatable bonds is 6. The fraction of sp³-hybridized carbons (Fsp3) is 0.240. The summed E-state index contributed by atoms with van der Waals surface area (Å²) < 4.78 is 11.9. The highest BCUT2D eigenvalue weighted by Gasteiger charge is 2.28. The molecule has 9 heteroatoms. The van der Waals surface area contributed by atoms with Gasteiger partial charge >= 0.3 is 0 Å². The Balaban J connectivity index is 1.42. The van der Waals surface area contributed by atoms with Crippen molar-refractivity contribution in [1.29, 1.82) is 0 Å². The maximum atomic E-state index is 12.8. The molecule has 0 spiro atoms. The maximum Gasteiger partial charge on any atom is 0.262 e. The number of carbonyl (C=O) groups is 2. The van der Waals surface area contributed by atoms with Crippen LogP contribution in [0.25, 0.3) is 20.8 Å². The van der Waals surface area contributed by atoms with Crippen LogP contribution in [0, 0.1) is 0 Å². The van der Waals surface area contributed by atoms with Gasteiger partial charge in [0.2, 0.25) is 5.91 Å². The van der Waals surface area contributed by atoms with Crippen LogP contribution in [-0.2, 0) is 22.6 Å². The van der Waals surface area contributed by atoms with E-state index < -0.39 is 0 Å². The first-order chi connectivity index (χ1) is 16.5. The predicted molar refractivity (Wildman–Crippen MR) is 135 cm³/mol. The fourth-order valence-corrected chi connectivity index (χ4v) is 6.34. The highest BCUT2D eigenvalue weighted by atomic mass is 32.1. The standard InChI is InChI=1S/C25H23N3O4S2/c1-15(29)28-12-11-18-21(13-28)34-25(23(18)24-26-19-5-3-4-6-20(19)33-24)27-22(30)14-32-17-9-7-16(31-2)8-10-17/h3-10H,11-14H2,1-2H3,(H,27,30). The number of nitrogens with one attached hydrogen (secondary N) is 1. The summed E-state index contributed by atoms with van der Waals surface area (Å²) in [6, 6.07) is 15.1. The summed E-state index contributed by atoms with van der Waals surface area (Å²) in [5.41, 5.74) is 3.05. The predicted octanol–water partition coefficient (Wildman–Crippen LogP) is 4.96. The minimum Gasteiger partial charge on any atom is -0.497 e. The number of fused-ring (bicyclic) bond motifs is 2. The van der Waals surface area contributed by atoms with Crippen molar-refractivity contribution in [2.24, 2.45) is 0 Å². The molecule has 0 fully saturated rings. The van der Waals surface area contributed by atoms with Gasteiger partial charge in [0, 0.05) is 23.9 Å². The smallest absolute Gasteiger partial charge is 0.262 e. The Morgan fingerprint density at radius 3 is 2.59 bits per heavy atom. The van der Waals surface area contributed by atoms with Crippen molar-refractivity contribution < 1.29 is 19.1 Å². The van der Waals surface area contributed by atoms with Crippen molar-refractivity contribution in [2.75, 3.05) is 25.6 Å². The van der Waals surface area contributed by atoms with Gasteiger partial charge in [-0.2, -0.15) is 0 Å². The van der Waals surface area contributed by atoms with Gasteiger partial charge in [0.15, 0.2) is 6.61 Å². The van der Waals surface area contributed by atoms with Crippen LogP contribution in [0.3, 0.4) is 0 Å². The van der Waals surface area contributed by atoms with Crippen LogP contribution in [0.15, 0.2) is 48.5 Å². The Bertz CT molecular complexity index is 1330. The largest absolute Gasteiger partial charge is 0.497 e. The molecule has 0 saturated heterocycles. The zero-order valence-corrected chi connectivity index (χ0v) is 20.4. The Morgan fingerprint density at radius 1 is 1.09 bits per heavy atom. The van der Waals surface area contributed by atoms with Gasteiger partial charge in [0.25, 0.3) is 5.91 Å². The Hall–Kier alpha value is -3.43. The molecule has 1 N–H and O–H groups in total. The van der Waals surface area contributed by atoms with Gasteiger partial charge in [-0.1, -0.05) is 12.1 Å². The number of methoxy groups -OCH3 is 1. The van der Waals surface area contributed by atoms with Gasteiger partial charge in [-0.3, -0.25) is 9.59 Å². The monoisotopic (exact) mass is 493 g/mol. The summed E-state index contributed by atoms with van der Waals surface area (Å²) in [5, 5.41) is 4.66. The number of para-hydroxylation sites is 1. The number of hydrogen-bond acceptors (Lipinski definition) is 7. The molecule has 1 aliphatic heterocycles. The Kier molecular flexibility index (Phi) is 6.21. The molecule has 2 aromatic carbocycles.